The molecule has 0 spiro atoms. The molecule has 1 aliphatic carbocycles. The number of ether oxygens (including phenoxy) is 2. The highest BCUT2D eigenvalue weighted by atomic mass is 32.2. The van der Waals surface area contributed by atoms with Crippen LogP contribution in [0, 0.1) is 0 Å². The molecule has 1 aromatic carbocycles. The molecule has 9 heteroatoms. The molecule has 0 radical (unpaired) electrons. The van der Waals surface area contributed by atoms with Crippen LogP contribution in [0.2, 0.25) is 0 Å². The van der Waals surface area contributed by atoms with Crippen LogP contribution in [0.1, 0.15) is 18.9 Å². The minimum atomic E-state index is -0.111. The molecule has 0 atom stereocenters. The van der Waals surface area contributed by atoms with Gasteiger partial charge < -0.3 is 14.8 Å². The fourth-order valence-corrected chi connectivity index (χ4v) is 4.36. The van der Waals surface area contributed by atoms with Gasteiger partial charge in [-0.2, -0.15) is 0 Å². The number of nitrogens with zero attached hydrogens (tertiary/aromatic N) is 3. The molecule has 2 heterocycles. The molecule has 1 aliphatic rings. The van der Waals surface area contributed by atoms with Gasteiger partial charge in [0.15, 0.2) is 22.5 Å². The van der Waals surface area contributed by atoms with Crippen LogP contribution in [0.15, 0.2) is 40.9 Å². The highest BCUT2D eigenvalue weighted by Crippen LogP contribution is 2.41. The van der Waals surface area contributed by atoms with Gasteiger partial charge in [-0.25, -0.2) is 0 Å². The Hall–Kier alpha value is -2.52. The van der Waals surface area contributed by atoms with Gasteiger partial charge >= 0.3 is 0 Å². The molecule has 0 unspecified atom stereocenters. The van der Waals surface area contributed by atoms with Crippen LogP contribution in [-0.2, 0) is 4.79 Å². The summed E-state index contributed by atoms with van der Waals surface area (Å²) in [5, 5.41) is 14.4. The van der Waals surface area contributed by atoms with Crippen molar-refractivity contribution in [2.75, 3.05) is 25.3 Å². The van der Waals surface area contributed by atoms with Crippen molar-refractivity contribution in [2.45, 2.75) is 24.0 Å². The molecule has 1 amide bonds. The summed E-state index contributed by atoms with van der Waals surface area (Å²) < 4.78 is 12.7. The summed E-state index contributed by atoms with van der Waals surface area (Å²) in [5.41, 5.74) is 0.659. The van der Waals surface area contributed by atoms with Gasteiger partial charge in [0.1, 0.15) is 0 Å². The zero-order valence-electron chi connectivity index (χ0n) is 15.5. The average Bonchev–Trinajstić information content (AvgIpc) is 3.23. The molecule has 146 valence electrons. The van der Waals surface area contributed by atoms with Crippen LogP contribution >= 0.6 is 23.1 Å². The number of aromatic nitrogens is 3. The second-order valence-electron chi connectivity index (χ2n) is 6.29. The number of thiophene rings is 1. The number of amides is 1. The first kappa shape index (κ1) is 18.8. The molecule has 3 aromatic rings. The van der Waals surface area contributed by atoms with Crippen LogP contribution < -0.4 is 14.8 Å². The number of carbonyl (C=O) groups excluding carboxylic acids is 1. The van der Waals surface area contributed by atoms with Crippen molar-refractivity contribution in [2.24, 2.45) is 0 Å². The van der Waals surface area contributed by atoms with Crippen LogP contribution in [0.4, 0.5) is 5.69 Å². The molecule has 4 rings (SSSR count). The van der Waals surface area contributed by atoms with Gasteiger partial charge in [0.25, 0.3) is 0 Å². The van der Waals surface area contributed by atoms with Gasteiger partial charge in [-0.05, 0) is 36.4 Å². The van der Waals surface area contributed by atoms with E-state index in [4.69, 9.17) is 9.47 Å². The Kier molecular flexibility index (Phi) is 5.54. The highest BCUT2D eigenvalue weighted by Gasteiger charge is 2.30. The number of methoxy groups -OCH3 is 2. The monoisotopic (exact) mass is 416 g/mol. The van der Waals surface area contributed by atoms with Crippen molar-refractivity contribution >= 4 is 34.7 Å². The zero-order chi connectivity index (χ0) is 19.5. The van der Waals surface area contributed by atoms with Crippen LogP contribution in [0.25, 0.3) is 10.7 Å². The number of thioether (sulfide) groups is 1. The molecule has 0 aliphatic heterocycles. The number of carbonyl (C=O) groups is 1. The van der Waals surface area contributed by atoms with Crippen molar-refractivity contribution in [3.8, 4) is 22.2 Å². The van der Waals surface area contributed by atoms with E-state index in [1.807, 2.05) is 17.5 Å². The molecule has 28 heavy (non-hydrogen) atoms. The van der Waals surface area contributed by atoms with Crippen molar-refractivity contribution in [1.29, 1.82) is 0 Å². The molecule has 0 bridgehead atoms. The lowest BCUT2D eigenvalue weighted by atomic mass is 10.2. The van der Waals surface area contributed by atoms with Crippen LogP contribution in [0.3, 0.4) is 0 Å². The normalized spacial score (nSPS) is 13.4. The summed E-state index contributed by atoms with van der Waals surface area (Å²) in [5.74, 6) is 2.22. The standard InChI is InChI=1S/C19H20N4O3S2/c1-25-14-8-5-12(10-15(14)26-2)20-17(24)11-28-19-22-21-18(16-4-3-9-27-16)23(19)13-6-7-13/h3-5,8-10,13H,6-7,11H2,1-2H3,(H,20,24). The summed E-state index contributed by atoms with van der Waals surface area (Å²) in [7, 11) is 3.14. The van der Waals surface area contributed by atoms with Gasteiger partial charge in [0.2, 0.25) is 5.91 Å². The van der Waals surface area contributed by atoms with Crippen molar-refractivity contribution in [3.63, 3.8) is 0 Å². The summed E-state index contributed by atoms with van der Waals surface area (Å²) in [6, 6.07) is 9.78. The van der Waals surface area contributed by atoms with Crippen molar-refractivity contribution < 1.29 is 14.3 Å². The molecule has 1 N–H and O–H groups in total. The second kappa shape index (κ2) is 8.24. The van der Waals surface area contributed by atoms with Gasteiger partial charge in [-0.1, -0.05) is 17.8 Å². The first-order valence-corrected chi connectivity index (χ1v) is 10.7. The van der Waals surface area contributed by atoms with E-state index in [0.29, 0.717) is 23.2 Å². The lowest BCUT2D eigenvalue weighted by Gasteiger charge is -2.11. The lowest BCUT2D eigenvalue weighted by molar-refractivity contribution is -0.113. The smallest absolute Gasteiger partial charge is 0.234 e. The van der Waals surface area contributed by atoms with Gasteiger partial charge in [0.05, 0.1) is 24.8 Å². The van der Waals surface area contributed by atoms with E-state index in [9.17, 15) is 4.79 Å². The number of anilines is 1. The minimum Gasteiger partial charge on any atom is -0.493 e. The third kappa shape index (κ3) is 4.00. The topological polar surface area (TPSA) is 78.3 Å². The SMILES string of the molecule is COc1ccc(NC(=O)CSc2nnc(-c3cccs3)n2C2CC2)cc1OC. The van der Waals surface area contributed by atoms with Gasteiger partial charge in [0, 0.05) is 17.8 Å². The molecular weight excluding hydrogens is 396 g/mol. The third-order valence-electron chi connectivity index (χ3n) is 4.32. The maximum absolute atomic E-state index is 12.4. The Morgan fingerprint density at radius 1 is 1.25 bits per heavy atom. The minimum absolute atomic E-state index is 0.111. The van der Waals surface area contributed by atoms with E-state index in [0.717, 1.165) is 28.7 Å². The van der Waals surface area contributed by atoms with Crippen molar-refractivity contribution in [1.82, 2.24) is 14.8 Å². The number of hydrogen-bond donors (Lipinski definition) is 1. The largest absolute Gasteiger partial charge is 0.493 e. The predicted octanol–water partition coefficient (Wildman–Crippen LogP) is 4.09. The first-order valence-electron chi connectivity index (χ1n) is 8.83. The lowest BCUT2D eigenvalue weighted by Crippen LogP contribution is -2.14. The third-order valence-corrected chi connectivity index (χ3v) is 6.13. The highest BCUT2D eigenvalue weighted by molar-refractivity contribution is 7.99. The summed E-state index contributed by atoms with van der Waals surface area (Å²) in [6.45, 7) is 0. The van der Waals surface area contributed by atoms with E-state index >= 15 is 0 Å². The Morgan fingerprint density at radius 2 is 2.07 bits per heavy atom. The average molecular weight is 417 g/mol. The molecular formula is C19H20N4O3S2. The van der Waals surface area contributed by atoms with Crippen molar-refractivity contribution in [3.05, 3.63) is 35.7 Å². The van der Waals surface area contributed by atoms with Gasteiger partial charge in [-0.15, -0.1) is 21.5 Å². The summed E-state index contributed by atoms with van der Waals surface area (Å²) in [4.78, 5) is 13.5. The number of hydrogen-bond acceptors (Lipinski definition) is 7. The predicted molar refractivity (Wildman–Crippen MR) is 111 cm³/mol. The maximum Gasteiger partial charge on any atom is 0.234 e. The van der Waals surface area contributed by atoms with E-state index in [-0.39, 0.29) is 11.7 Å². The van der Waals surface area contributed by atoms with E-state index in [1.165, 1.54) is 11.8 Å². The summed E-state index contributed by atoms with van der Waals surface area (Å²) in [6.07, 6.45) is 2.25. The zero-order valence-corrected chi connectivity index (χ0v) is 17.2. The fourth-order valence-electron chi connectivity index (χ4n) is 2.85. The molecule has 1 fully saturated rings. The first-order chi connectivity index (χ1) is 13.7. The fraction of sp³-hybridized carbons (Fsp3) is 0.316. The molecule has 7 nitrogen and oxygen atoms in total. The number of benzene rings is 1. The Bertz CT molecular complexity index is 968. The van der Waals surface area contributed by atoms with Gasteiger partial charge in [-0.3, -0.25) is 9.36 Å². The van der Waals surface area contributed by atoms with Crippen LogP contribution in [0.5, 0.6) is 11.5 Å². The van der Waals surface area contributed by atoms with E-state index < -0.39 is 0 Å². The Morgan fingerprint density at radius 3 is 2.75 bits per heavy atom. The van der Waals surface area contributed by atoms with E-state index in [2.05, 4.69) is 20.1 Å². The second-order valence-corrected chi connectivity index (χ2v) is 8.18. The Labute approximate surface area is 171 Å². The molecule has 1 saturated carbocycles. The number of nitrogens with one attached hydrogen (secondary N) is 1. The van der Waals surface area contributed by atoms with E-state index in [1.54, 1.807) is 43.8 Å². The number of rotatable bonds is 8. The molecule has 0 saturated heterocycles. The molecule has 2 aromatic heterocycles. The summed E-state index contributed by atoms with van der Waals surface area (Å²) >= 11 is 3.05. The van der Waals surface area contributed by atoms with Crippen LogP contribution in [-0.4, -0.2) is 40.6 Å². The maximum atomic E-state index is 12.4. The quantitative estimate of drug-likeness (QED) is 0.557. The Balaban J connectivity index is 1.43.